The molecular formula is C30H38N6O2. The Morgan fingerprint density at radius 3 is 2.16 bits per heavy atom. The smallest absolute Gasteiger partial charge is 0.274 e. The van der Waals surface area contributed by atoms with Crippen LogP contribution in [-0.2, 0) is 12.1 Å². The lowest BCUT2D eigenvalue weighted by atomic mass is 9.49. The molecule has 0 saturated heterocycles. The van der Waals surface area contributed by atoms with Gasteiger partial charge in [-0.15, -0.1) is 5.10 Å². The molecule has 3 aromatic rings. The summed E-state index contributed by atoms with van der Waals surface area (Å²) in [5.41, 5.74) is 3.82. The molecule has 1 aromatic carbocycles. The summed E-state index contributed by atoms with van der Waals surface area (Å²) in [6, 6.07) is 9.59. The van der Waals surface area contributed by atoms with Crippen LogP contribution < -0.4 is 5.32 Å². The maximum atomic E-state index is 14.2. The molecule has 0 unspecified atom stereocenters. The first-order valence-corrected chi connectivity index (χ1v) is 14.0. The summed E-state index contributed by atoms with van der Waals surface area (Å²) in [7, 11) is 0. The van der Waals surface area contributed by atoms with Gasteiger partial charge in [-0.2, -0.15) is 9.78 Å². The second kappa shape index (κ2) is 8.89. The standard InChI is InChI=1S/C30H38N6O2/c1-18-24(19(2)36(33-18)29(3,4)5)17-31-27(37)25-26(23-9-7-6-8-10-23)35(34-32-25)28(38)30-14-20-11-21(15-30)13-22(12-20)16-30/h6-10,20-22H,11-17H2,1-5H3,(H,31,37). The molecule has 1 N–H and O–H groups in total. The van der Waals surface area contributed by atoms with Gasteiger partial charge in [0.25, 0.3) is 11.8 Å². The summed E-state index contributed by atoms with van der Waals surface area (Å²) in [6.07, 6.45) is 6.58. The van der Waals surface area contributed by atoms with Gasteiger partial charge in [-0.25, -0.2) is 0 Å². The molecular weight excluding hydrogens is 476 g/mol. The lowest BCUT2D eigenvalue weighted by Crippen LogP contribution is -2.51. The molecule has 8 nitrogen and oxygen atoms in total. The van der Waals surface area contributed by atoms with Gasteiger partial charge in [0.1, 0.15) is 5.69 Å². The van der Waals surface area contributed by atoms with Gasteiger partial charge in [0.15, 0.2) is 5.69 Å². The van der Waals surface area contributed by atoms with Crippen LogP contribution in [0, 0.1) is 37.0 Å². The fourth-order valence-corrected chi connectivity index (χ4v) is 7.87. The van der Waals surface area contributed by atoms with Crippen molar-refractivity contribution in [3.63, 3.8) is 0 Å². The molecule has 4 bridgehead atoms. The van der Waals surface area contributed by atoms with Crippen molar-refractivity contribution in [1.29, 1.82) is 0 Å². The van der Waals surface area contributed by atoms with Crippen molar-refractivity contribution in [1.82, 2.24) is 30.1 Å². The van der Waals surface area contributed by atoms with Gasteiger partial charge in [0.2, 0.25) is 0 Å². The van der Waals surface area contributed by atoms with Crippen molar-refractivity contribution < 1.29 is 9.59 Å². The number of hydrogen-bond acceptors (Lipinski definition) is 5. The van der Waals surface area contributed by atoms with Crippen molar-refractivity contribution in [2.24, 2.45) is 23.2 Å². The SMILES string of the molecule is Cc1nn(C(C)(C)C)c(C)c1CNC(=O)c1nnn(C(=O)C23CC4CC(CC(C4)C2)C3)c1-c1ccccc1. The van der Waals surface area contributed by atoms with Crippen molar-refractivity contribution in [2.45, 2.75) is 85.2 Å². The van der Waals surface area contributed by atoms with Gasteiger partial charge < -0.3 is 5.32 Å². The minimum absolute atomic E-state index is 0.0140. The third kappa shape index (κ3) is 4.09. The van der Waals surface area contributed by atoms with E-state index in [0.717, 1.165) is 41.8 Å². The molecule has 2 heterocycles. The van der Waals surface area contributed by atoms with Crippen LogP contribution in [0.25, 0.3) is 11.3 Å². The van der Waals surface area contributed by atoms with Crippen molar-refractivity contribution in [3.05, 3.63) is 53.0 Å². The highest BCUT2D eigenvalue weighted by atomic mass is 16.2. The Bertz CT molecular complexity index is 1360. The molecule has 4 aliphatic carbocycles. The van der Waals surface area contributed by atoms with E-state index in [2.05, 4.69) is 36.4 Å². The molecule has 7 rings (SSSR count). The predicted octanol–water partition coefficient (Wildman–Crippen LogP) is 5.30. The lowest BCUT2D eigenvalue weighted by Gasteiger charge is -2.55. The van der Waals surface area contributed by atoms with Gasteiger partial charge >= 0.3 is 0 Å². The molecule has 0 atom stereocenters. The maximum Gasteiger partial charge on any atom is 0.274 e. The molecule has 2 aromatic heterocycles. The minimum atomic E-state index is -0.379. The quantitative estimate of drug-likeness (QED) is 0.499. The number of aryl methyl sites for hydroxylation is 1. The van der Waals surface area contributed by atoms with Gasteiger partial charge in [0, 0.05) is 23.4 Å². The largest absolute Gasteiger partial charge is 0.346 e. The van der Waals surface area contributed by atoms with Gasteiger partial charge in [-0.3, -0.25) is 14.3 Å². The number of amides is 1. The molecule has 4 saturated carbocycles. The number of rotatable bonds is 5. The van der Waals surface area contributed by atoms with Crippen LogP contribution in [0.3, 0.4) is 0 Å². The van der Waals surface area contributed by atoms with Crippen LogP contribution in [0.1, 0.15) is 91.5 Å². The molecule has 0 aliphatic heterocycles. The van der Waals surface area contributed by atoms with Crippen LogP contribution in [-0.4, -0.2) is 36.6 Å². The first kappa shape index (κ1) is 25.0. The Kier molecular flexibility index (Phi) is 5.85. The number of carbonyl (C=O) groups excluding carboxylic acids is 2. The summed E-state index contributed by atoms with van der Waals surface area (Å²) in [4.78, 5) is 27.8. The fourth-order valence-electron chi connectivity index (χ4n) is 7.87. The highest BCUT2D eigenvalue weighted by Gasteiger charge is 2.55. The summed E-state index contributed by atoms with van der Waals surface area (Å²) in [5, 5.41) is 16.4. The van der Waals surface area contributed by atoms with E-state index in [9.17, 15) is 9.59 Å². The van der Waals surface area contributed by atoms with E-state index in [-0.39, 0.29) is 28.5 Å². The van der Waals surface area contributed by atoms with Gasteiger partial charge in [0.05, 0.1) is 16.6 Å². The first-order valence-electron chi connectivity index (χ1n) is 14.0. The third-order valence-corrected chi connectivity index (χ3v) is 9.12. The molecule has 0 spiro atoms. The Labute approximate surface area is 224 Å². The second-order valence-electron chi connectivity index (χ2n) is 13.0. The molecule has 38 heavy (non-hydrogen) atoms. The number of nitrogens with one attached hydrogen (secondary N) is 1. The number of nitrogens with zero attached hydrogens (tertiary/aromatic N) is 5. The molecule has 1 amide bonds. The number of carbonyl (C=O) groups is 2. The molecule has 200 valence electrons. The van der Waals surface area contributed by atoms with Crippen LogP contribution >= 0.6 is 0 Å². The lowest BCUT2D eigenvalue weighted by molar-refractivity contribution is -0.0408. The van der Waals surface area contributed by atoms with E-state index >= 15 is 0 Å². The number of hydrogen-bond donors (Lipinski definition) is 1. The molecule has 8 heteroatoms. The van der Waals surface area contributed by atoms with E-state index in [1.165, 1.54) is 23.9 Å². The van der Waals surface area contributed by atoms with Crippen LogP contribution in [0.15, 0.2) is 30.3 Å². The van der Waals surface area contributed by atoms with Crippen LogP contribution in [0.4, 0.5) is 0 Å². The molecule has 0 radical (unpaired) electrons. The summed E-state index contributed by atoms with van der Waals surface area (Å²) >= 11 is 0. The summed E-state index contributed by atoms with van der Waals surface area (Å²) in [5.74, 6) is 1.59. The molecule has 4 aliphatic rings. The average Bonchev–Trinajstić information content (AvgIpc) is 3.43. The zero-order valence-electron chi connectivity index (χ0n) is 23.1. The Balaban J connectivity index is 1.32. The van der Waals surface area contributed by atoms with Crippen molar-refractivity contribution >= 4 is 11.8 Å². The van der Waals surface area contributed by atoms with Crippen LogP contribution in [0.5, 0.6) is 0 Å². The number of benzene rings is 1. The van der Waals surface area contributed by atoms with Gasteiger partial charge in [-0.1, -0.05) is 35.5 Å². The topological polar surface area (TPSA) is 94.7 Å². The Morgan fingerprint density at radius 2 is 1.61 bits per heavy atom. The summed E-state index contributed by atoms with van der Waals surface area (Å²) < 4.78 is 3.45. The van der Waals surface area contributed by atoms with E-state index < -0.39 is 0 Å². The van der Waals surface area contributed by atoms with E-state index in [4.69, 9.17) is 5.10 Å². The third-order valence-electron chi connectivity index (χ3n) is 9.12. The normalized spacial score (nSPS) is 26.1. The highest BCUT2D eigenvalue weighted by Crippen LogP contribution is 2.60. The van der Waals surface area contributed by atoms with E-state index in [1.54, 1.807) is 0 Å². The monoisotopic (exact) mass is 514 g/mol. The first-order chi connectivity index (χ1) is 18.1. The zero-order valence-corrected chi connectivity index (χ0v) is 23.1. The zero-order chi connectivity index (χ0) is 26.8. The van der Waals surface area contributed by atoms with E-state index in [0.29, 0.717) is 30.0 Å². The van der Waals surface area contributed by atoms with E-state index in [1.807, 2.05) is 48.9 Å². The van der Waals surface area contributed by atoms with Crippen molar-refractivity contribution in [2.75, 3.05) is 0 Å². The summed E-state index contributed by atoms with van der Waals surface area (Å²) in [6.45, 7) is 10.7. The number of aromatic nitrogens is 5. The highest BCUT2D eigenvalue weighted by molar-refractivity contribution is 6.00. The van der Waals surface area contributed by atoms with Gasteiger partial charge in [-0.05, 0) is 90.9 Å². The second-order valence-corrected chi connectivity index (χ2v) is 13.0. The maximum absolute atomic E-state index is 14.2. The predicted molar refractivity (Wildman–Crippen MR) is 145 cm³/mol. The molecule has 4 fully saturated rings. The Morgan fingerprint density at radius 1 is 1.00 bits per heavy atom. The fraction of sp³-hybridized carbons (Fsp3) is 0.567. The Hall–Kier alpha value is -3.29. The average molecular weight is 515 g/mol. The van der Waals surface area contributed by atoms with Crippen molar-refractivity contribution in [3.8, 4) is 11.3 Å². The minimum Gasteiger partial charge on any atom is -0.346 e. The van der Waals surface area contributed by atoms with Crippen LogP contribution in [0.2, 0.25) is 0 Å².